The number of aryl methyl sites for hydroxylation is 1. The topological polar surface area (TPSA) is 146 Å². The van der Waals surface area contributed by atoms with Gasteiger partial charge in [-0.25, -0.2) is 4.63 Å². The molecule has 2 heterocycles. The third-order valence-electron chi connectivity index (χ3n) is 3.31. The molecule has 3 aromatic rings. The van der Waals surface area contributed by atoms with Crippen LogP contribution >= 0.6 is 23.1 Å². The molecule has 0 radical (unpaired) electrons. The van der Waals surface area contributed by atoms with E-state index < -0.39 is 4.92 Å². The highest BCUT2D eigenvalue weighted by Crippen LogP contribution is 2.41. The fourth-order valence-electron chi connectivity index (χ4n) is 2.22. The Bertz CT molecular complexity index is 988. The Kier molecular flexibility index (Phi) is 5.81. The summed E-state index contributed by atoms with van der Waals surface area (Å²) in [5.41, 5.74) is 0.380. The Morgan fingerprint density at radius 3 is 2.85 bits per heavy atom. The van der Waals surface area contributed by atoms with Gasteiger partial charge in [0.15, 0.2) is 9.86 Å². The summed E-state index contributed by atoms with van der Waals surface area (Å²) in [6.07, 6.45) is 0.490. The highest BCUT2D eigenvalue weighted by Gasteiger charge is 2.26. The number of esters is 1. The summed E-state index contributed by atoms with van der Waals surface area (Å²) >= 11 is 2.67. The molecule has 0 aliphatic rings. The first kappa shape index (κ1) is 19.0. The number of benzene rings is 1. The lowest BCUT2D eigenvalue weighted by Gasteiger charge is -2.09. The van der Waals surface area contributed by atoms with Gasteiger partial charge in [0.1, 0.15) is 10.7 Å². The third kappa shape index (κ3) is 4.49. The molecule has 1 N–H and O–H groups in total. The third-order valence-corrected chi connectivity index (χ3v) is 5.23. The van der Waals surface area contributed by atoms with Crippen LogP contribution in [-0.2, 0) is 9.53 Å². The minimum atomic E-state index is -0.537. The normalized spacial score (nSPS) is 10.9. The van der Waals surface area contributed by atoms with Gasteiger partial charge in [-0.05, 0) is 29.7 Å². The van der Waals surface area contributed by atoms with E-state index in [0.717, 1.165) is 5.01 Å². The summed E-state index contributed by atoms with van der Waals surface area (Å²) in [5.74, 6) is -0.373. The summed E-state index contributed by atoms with van der Waals surface area (Å²) in [6.45, 7) is 3.74. The molecule has 0 spiro atoms. The van der Waals surface area contributed by atoms with E-state index >= 15 is 0 Å². The standard InChI is InChI=1S/C14H14N6O5S2/c1-7-16-17-14(26-7)27-10-6-9(15-4-3-5-24-8(2)21)13(20(22)23)12-11(10)18-25-19-12/h6,15H,3-5H2,1-2H3. The molecule has 3 rings (SSSR count). The second-order valence-electron chi connectivity index (χ2n) is 5.30. The molecule has 2 aromatic heterocycles. The molecule has 13 heteroatoms. The minimum absolute atomic E-state index is 0.0497. The predicted octanol–water partition coefficient (Wildman–Crippen LogP) is 2.81. The van der Waals surface area contributed by atoms with Crippen molar-refractivity contribution in [3.05, 3.63) is 21.2 Å². The number of rotatable bonds is 8. The Balaban J connectivity index is 1.89. The van der Waals surface area contributed by atoms with E-state index in [1.807, 2.05) is 6.92 Å². The van der Waals surface area contributed by atoms with Gasteiger partial charge in [0, 0.05) is 18.4 Å². The summed E-state index contributed by atoms with van der Waals surface area (Å²) in [6, 6.07) is 1.61. The van der Waals surface area contributed by atoms with Crippen LogP contribution in [0.3, 0.4) is 0 Å². The van der Waals surface area contributed by atoms with Crippen molar-refractivity contribution in [2.24, 2.45) is 0 Å². The number of carbonyl (C=O) groups is 1. The fraction of sp³-hybridized carbons (Fsp3) is 0.357. The SMILES string of the molecule is CC(=O)OCCCNc1cc(Sc2nnc(C)s2)c2nonc2c1[N+](=O)[O-]. The van der Waals surface area contributed by atoms with Crippen molar-refractivity contribution in [3.8, 4) is 0 Å². The van der Waals surface area contributed by atoms with Crippen LogP contribution in [0.15, 0.2) is 19.9 Å². The first-order valence-electron chi connectivity index (χ1n) is 7.74. The number of hydrogen-bond acceptors (Lipinski definition) is 12. The van der Waals surface area contributed by atoms with Gasteiger partial charge < -0.3 is 10.1 Å². The lowest BCUT2D eigenvalue weighted by atomic mass is 10.2. The average molecular weight is 410 g/mol. The lowest BCUT2D eigenvalue weighted by molar-refractivity contribution is -0.382. The molecule has 11 nitrogen and oxygen atoms in total. The Labute approximate surface area is 160 Å². The van der Waals surface area contributed by atoms with E-state index in [9.17, 15) is 14.9 Å². The number of nitro benzene ring substituents is 1. The molecular weight excluding hydrogens is 396 g/mol. The summed E-state index contributed by atoms with van der Waals surface area (Å²) < 4.78 is 10.3. The smallest absolute Gasteiger partial charge is 0.323 e. The van der Waals surface area contributed by atoms with Crippen LogP contribution in [0.5, 0.6) is 0 Å². The minimum Gasteiger partial charge on any atom is -0.466 e. The molecule has 0 amide bonds. The number of nitrogens with one attached hydrogen (secondary N) is 1. The highest BCUT2D eigenvalue weighted by molar-refractivity contribution is 8.01. The maximum atomic E-state index is 11.5. The van der Waals surface area contributed by atoms with Crippen molar-refractivity contribution >= 4 is 51.5 Å². The summed E-state index contributed by atoms with van der Waals surface area (Å²) in [4.78, 5) is 22.4. The Morgan fingerprint density at radius 2 is 2.19 bits per heavy atom. The number of nitro groups is 1. The van der Waals surface area contributed by atoms with Gasteiger partial charge in [-0.15, -0.1) is 10.2 Å². The Hall–Kier alpha value is -2.80. The van der Waals surface area contributed by atoms with Crippen LogP contribution in [-0.4, -0.2) is 44.6 Å². The van der Waals surface area contributed by atoms with Crippen molar-refractivity contribution in [3.63, 3.8) is 0 Å². The monoisotopic (exact) mass is 410 g/mol. The van der Waals surface area contributed by atoms with Gasteiger partial charge in [-0.3, -0.25) is 14.9 Å². The number of anilines is 1. The zero-order chi connectivity index (χ0) is 19.4. The molecular formula is C14H14N6O5S2. The number of ether oxygens (including phenoxy) is 1. The molecule has 0 atom stereocenters. The molecule has 0 aliphatic carbocycles. The van der Waals surface area contributed by atoms with E-state index in [1.54, 1.807) is 6.07 Å². The molecule has 0 saturated heterocycles. The number of carbonyl (C=O) groups excluding carboxylic acids is 1. The number of hydrogen-bond donors (Lipinski definition) is 1. The fourth-order valence-corrected chi connectivity index (χ4v) is 4.11. The first-order chi connectivity index (χ1) is 13.0. The second-order valence-corrected chi connectivity index (χ2v) is 7.77. The lowest BCUT2D eigenvalue weighted by Crippen LogP contribution is -2.09. The van der Waals surface area contributed by atoms with E-state index in [1.165, 1.54) is 30.0 Å². The molecule has 0 saturated carbocycles. The molecule has 142 valence electrons. The van der Waals surface area contributed by atoms with E-state index in [2.05, 4.69) is 25.8 Å². The van der Waals surface area contributed by atoms with Crippen LogP contribution in [0.4, 0.5) is 11.4 Å². The van der Waals surface area contributed by atoms with E-state index in [4.69, 9.17) is 9.37 Å². The van der Waals surface area contributed by atoms with Gasteiger partial charge in [-0.1, -0.05) is 23.1 Å². The Morgan fingerprint density at radius 1 is 1.41 bits per heavy atom. The predicted molar refractivity (Wildman–Crippen MR) is 97.0 cm³/mol. The molecule has 0 bridgehead atoms. The molecule has 1 aromatic carbocycles. The van der Waals surface area contributed by atoms with Crippen LogP contribution in [0.1, 0.15) is 18.4 Å². The first-order valence-corrected chi connectivity index (χ1v) is 9.38. The van der Waals surface area contributed by atoms with Gasteiger partial charge in [0.25, 0.3) is 0 Å². The second kappa shape index (κ2) is 8.26. The summed E-state index contributed by atoms with van der Waals surface area (Å²) in [5, 5.41) is 30.8. The van der Waals surface area contributed by atoms with Crippen molar-refractivity contribution in [2.75, 3.05) is 18.5 Å². The van der Waals surface area contributed by atoms with Crippen LogP contribution < -0.4 is 5.32 Å². The van der Waals surface area contributed by atoms with Crippen LogP contribution in [0.25, 0.3) is 11.0 Å². The molecule has 27 heavy (non-hydrogen) atoms. The number of aromatic nitrogens is 4. The van der Waals surface area contributed by atoms with Crippen LogP contribution in [0.2, 0.25) is 0 Å². The van der Waals surface area contributed by atoms with Gasteiger partial charge in [-0.2, -0.15) is 0 Å². The molecule has 0 aliphatic heterocycles. The van der Waals surface area contributed by atoms with Crippen molar-refractivity contribution in [2.45, 2.75) is 29.5 Å². The van der Waals surface area contributed by atoms with Crippen molar-refractivity contribution in [1.29, 1.82) is 0 Å². The number of fused-ring (bicyclic) bond motifs is 1. The maximum Gasteiger partial charge on any atom is 0.323 e. The quantitative estimate of drug-likeness (QED) is 0.253. The van der Waals surface area contributed by atoms with Crippen LogP contribution in [0, 0.1) is 17.0 Å². The largest absolute Gasteiger partial charge is 0.466 e. The maximum absolute atomic E-state index is 11.5. The van der Waals surface area contributed by atoms with E-state index in [0.29, 0.717) is 22.2 Å². The zero-order valence-electron chi connectivity index (χ0n) is 14.3. The molecule has 0 fully saturated rings. The van der Waals surface area contributed by atoms with Crippen molar-refractivity contribution in [1.82, 2.24) is 20.5 Å². The van der Waals surface area contributed by atoms with E-state index in [-0.39, 0.29) is 35.0 Å². The summed E-state index contributed by atoms with van der Waals surface area (Å²) in [7, 11) is 0. The van der Waals surface area contributed by atoms with Gasteiger partial charge in [0.2, 0.25) is 5.52 Å². The van der Waals surface area contributed by atoms with Gasteiger partial charge >= 0.3 is 11.7 Å². The van der Waals surface area contributed by atoms with Crippen molar-refractivity contribution < 1.29 is 19.1 Å². The highest BCUT2D eigenvalue weighted by atomic mass is 32.2. The zero-order valence-corrected chi connectivity index (χ0v) is 15.9. The number of nitrogens with zero attached hydrogens (tertiary/aromatic N) is 5. The average Bonchev–Trinajstić information content (AvgIpc) is 3.23. The molecule has 0 unspecified atom stereocenters. The van der Waals surface area contributed by atoms with Gasteiger partial charge in [0.05, 0.1) is 11.5 Å².